The van der Waals surface area contributed by atoms with Crippen LogP contribution in [0.25, 0.3) is 0 Å². The Hall–Kier alpha value is -1.35. The maximum Gasteiger partial charge on any atom is 0.309 e. The molecule has 2 atom stereocenters. The highest BCUT2D eigenvalue weighted by molar-refractivity contribution is 5.73. The standard InChI is InChI=1S/C18H25NO2/c1-21-17(20)16-9-5-10-18(16)11-6-12-19(14-18)13-15-7-3-2-4-8-15/h2-4,7-8,16H,5-6,9-14H2,1H3/t16-,18-/m0/s1. The van der Waals surface area contributed by atoms with E-state index < -0.39 is 0 Å². The molecule has 0 bridgehead atoms. The number of methoxy groups -OCH3 is 1. The van der Waals surface area contributed by atoms with Crippen LogP contribution in [0, 0.1) is 11.3 Å². The molecule has 114 valence electrons. The van der Waals surface area contributed by atoms with Crippen LogP contribution >= 0.6 is 0 Å². The van der Waals surface area contributed by atoms with E-state index in [1.165, 1.54) is 38.4 Å². The first-order chi connectivity index (χ1) is 10.2. The summed E-state index contributed by atoms with van der Waals surface area (Å²) in [5, 5.41) is 0. The zero-order chi connectivity index (χ0) is 14.7. The van der Waals surface area contributed by atoms with Gasteiger partial charge in [-0.2, -0.15) is 0 Å². The van der Waals surface area contributed by atoms with Crippen LogP contribution in [-0.4, -0.2) is 31.1 Å². The molecule has 1 aliphatic carbocycles. The summed E-state index contributed by atoms with van der Waals surface area (Å²) < 4.78 is 5.06. The summed E-state index contributed by atoms with van der Waals surface area (Å²) in [7, 11) is 1.53. The van der Waals surface area contributed by atoms with Gasteiger partial charge in [-0.15, -0.1) is 0 Å². The molecule has 0 unspecified atom stereocenters. The van der Waals surface area contributed by atoms with E-state index in [1.54, 1.807) is 0 Å². The number of esters is 1. The van der Waals surface area contributed by atoms with Gasteiger partial charge in [0.1, 0.15) is 0 Å². The second kappa shape index (κ2) is 6.18. The third-order valence-corrected chi connectivity index (χ3v) is 5.33. The van der Waals surface area contributed by atoms with Crippen LogP contribution in [0.1, 0.15) is 37.7 Å². The molecule has 0 amide bonds. The highest BCUT2D eigenvalue weighted by Gasteiger charge is 2.49. The maximum absolute atomic E-state index is 12.1. The topological polar surface area (TPSA) is 29.5 Å². The van der Waals surface area contributed by atoms with E-state index in [-0.39, 0.29) is 17.3 Å². The number of carbonyl (C=O) groups excluding carboxylic acids is 1. The van der Waals surface area contributed by atoms with Crippen LogP contribution in [-0.2, 0) is 16.1 Å². The minimum absolute atomic E-state index is 0.00839. The molecule has 0 N–H and O–H groups in total. The number of piperidine rings is 1. The van der Waals surface area contributed by atoms with Gasteiger partial charge in [0.2, 0.25) is 0 Å². The molecule has 3 nitrogen and oxygen atoms in total. The molecule has 0 aromatic heterocycles. The third-order valence-electron chi connectivity index (χ3n) is 5.33. The normalized spacial score (nSPS) is 29.7. The minimum atomic E-state index is 0.00839. The van der Waals surface area contributed by atoms with Crippen LogP contribution in [0.5, 0.6) is 0 Å². The molecule has 2 aliphatic rings. The van der Waals surface area contributed by atoms with Crippen molar-refractivity contribution in [2.24, 2.45) is 11.3 Å². The fourth-order valence-electron chi connectivity index (χ4n) is 4.37. The minimum Gasteiger partial charge on any atom is -0.469 e. The van der Waals surface area contributed by atoms with Crippen molar-refractivity contribution in [1.82, 2.24) is 4.90 Å². The summed E-state index contributed by atoms with van der Waals surface area (Å²) in [6.07, 6.45) is 5.72. The van der Waals surface area contributed by atoms with Gasteiger partial charge in [0.25, 0.3) is 0 Å². The molecule has 1 saturated heterocycles. The molecule has 21 heavy (non-hydrogen) atoms. The Labute approximate surface area is 127 Å². The van der Waals surface area contributed by atoms with Gasteiger partial charge in [-0.25, -0.2) is 0 Å². The fraction of sp³-hybridized carbons (Fsp3) is 0.611. The van der Waals surface area contributed by atoms with Crippen molar-refractivity contribution >= 4 is 5.97 Å². The molecule has 1 spiro atoms. The van der Waals surface area contributed by atoms with Crippen molar-refractivity contribution < 1.29 is 9.53 Å². The Bertz CT molecular complexity index is 487. The quantitative estimate of drug-likeness (QED) is 0.799. The molecule has 1 aromatic rings. The van der Waals surface area contributed by atoms with Crippen molar-refractivity contribution in [1.29, 1.82) is 0 Å². The number of nitrogens with zero attached hydrogens (tertiary/aromatic N) is 1. The second-order valence-electron chi connectivity index (χ2n) is 6.63. The maximum atomic E-state index is 12.1. The van der Waals surface area contributed by atoms with Gasteiger partial charge in [-0.1, -0.05) is 36.8 Å². The Morgan fingerprint density at radius 3 is 2.81 bits per heavy atom. The molecule has 1 heterocycles. The van der Waals surface area contributed by atoms with E-state index >= 15 is 0 Å². The lowest BCUT2D eigenvalue weighted by Gasteiger charge is -2.43. The van der Waals surface area contributed by atoms with Gasteiger partial charge in [0.15, 0.2) is 0 Å². The summed E-state index contributed by atoms with van der Waals surface area (Å²) in [4.78, 5) is 14.6. The zero-order valence-corrected chi connectivity index (χ0v) is 12.9. The average Bonchev–Trinajstić information content (AvgIpc) is 2.90. The Kier molecular flexibility index (Phi) is 4.29. The lowest BCUT2D eigenvalue weighted by Crippen LogP contribution is -2.46. The Morgan fingerprint density at radius 1 is 1.29 bits per heavy atom. The lowest BCUT2D eigenvalue weighted by molar-refractivity contribution is -0.151. The first-order valence-electron chi connectivity index (χ1n) is 8.08. The van der Waals surface area contributed by atoms with Crippen molar-refractivity contribution in [2.45, 2.75) is 38.6 Å². The van der Waals surface area contributed by atoms with Crippen molar-refractivity contribution in [2.75, 3.05) is 20.2 Å². The number of ether oxygens (including phenoxy) is 1. The van der Waals surface area contributed by atoms with E-state index in [1.807, 2.05) is 0 Å². The molecule has 1 aromatic carbocycles. The second-order valence-corrected chi connectivity index (χ2v) is 6.63. The summed E-state index contributed by atoms with van der Waals surface area (Å²) >= 11 is 0. The molecular weight excluding hydrogens is 262 g/mol. The number of hydrogen-bond donors (Lipinski definition) is 0. The highest BCUT2D eigenvalue weighted by Crippen LogP contribution is 2.49. The molecule has 1 aliphatic heterocycles. The average molecular weight is 287 g/mol. The predicted octanol–water partition coefficient (Wildman–Crippen LogP) is 3.24. The van der Waals surface area contributed by atoms with Crippen LogP contribution in [0.2, 0.25) is 0 Å². The van der Waals surface area contributed by atoms with E-state index in [0.29, 0.717) is 0 Å². The van der Waals surface area contributed by atoms with Gasteiger partial charge in [-0.3, -0.25) is 9.69 Å². The van der Waals surface area contributed by atoms with Gasteiger partial charge >= 0.3 is 5.97 Å². The fourth-order valence-corrected chi connectivity index (χ4v) is 4.37. The number of carbonyl (C=O) groups is 1. The van der Waals surface area contributed by atoms with Crippen LogP contribution < -0.4 is 0 Å². The number of likely N-dealkylation sites (tertiary alicyclic amines) is 1. The third kappa shape index (κ3) is 2.98. The van der Waals surface area contributed by atoms with E-state index in [2.05, 4.69) is 35.2 Å². The SMILES string of the molecule is COC(=O)[C@@H]1CCC[C@@]12CCCN(Cc1ccccc1)C2. The smallest absolute Gasteiger partial charge is 0.309 e. The molecular formula is C18H25NO2. The Balaban J connectivity index is 1.71. The van der Waals surface area contributed by atoms with Gasteiger partial charge in [-0.05, 0) is 43.2 Å². The van der Waals surface area contributed by atoms with E-state index in [4.69, 9.17) is 4.74 Å². The van der Waals surface area contributed by atoms with Crippen LogP contribution in [0.4, 0.5) is 0 Å². The number of benzene rings is 1. The first-order valence-corrected chi connectivity index (χ1v) is 8.08. The summed E-state index contributed by atoms with van der Waals surface area (Å²) in [6.45, 7) is 3.18. The van der Waals surface area contributed by atoms with E-state index in [9.17, 15) is 4.79 Å². The van der Waals surface area contributed by atoms with Crippen molar-refractivity contribution in [3.63, 3.8) is 0 Å². The van der Waals surface area contributed by atoms with Crippen molar-refractivity contribution in [3.05, 3.63) is 35.9 Å². The summed E-state index contributed by atoms with van der Waals surface area (Å²) in [6, 6.07) is 10.6. The molecule has 3 rings (SSSR count). The van der Waals surface area contributed by atoms with Crippen LogP contribution in [0.15, 0.2) is 30.3 Å². The zero-order valence-electron chi connectivity index (χ0n) is 12.9. The number of hydrogen-bond acceptors (Lipinski definition) is 3. The van der Waals surface area contributed by atoms with E-state index in [0.717, 1.165) is 26.1 Å². The van der Waals surface area contributed by atoms with Gasteiger partial charge in [0, 0.05) is 13.1 Å². The number of rotatable bonds is 3. The Morgan fingerprint density at radius 2 is 2.05 bits per heavy atom. The van der Waals surface area contributed by atoms with Crippen LogP contribution in [0.3, 0.4) is 0 Å². The highest BCUT2D eigenvalue weighted by atomic mass is 16.5. The van der Waals surface area contributed by atoms with Gasteiger partial charge < -0.3 is 4.74 Å². The molecule has 1 saturated carbocycles. The molecule has 0 radical (unpaired) electrons. The van der Waals surface area contributed by atoms with Crippen molar-refractivity contribution in [3.8, 4) is 0 Å². The first kappa shape index (κ1) is 14.6. The van der Waals surface area contributed by atoms with Gasteiger partial charge in [0.05, 0.1) is 13.0 Å². The monoisotopic (exact) mass is 287 g/mol. The summed E-state index contributed by atoms with van der Waals surface area (Å²) in [5.74, 6) is 0.120. The lowest BCUT2D eigenvalue weighted by atomic mass is 9.72. The molecule has 2 fully saturated rings. The predicted molar refractivity (Wildman–Crippen MR) is 82.7 cm³/mol. The molecule has 3 heteroatoms. The largest absolute Gasteiger partial charge is 0.469 e. The summed E-state index contributed by atoms with van der Waals surface area (Å²) in [5.41, 5.74) is 1.53.